The molecule has 0 aliphatic rings. The lowest BCUT2D eigenvalue weighted by Crippen LogP contribution is -2.33. The number of ether oxygens (including phenoxy) is 5. The molecule has 12 heteroatoms. The van der Waals surface area contributed by atoms with Crippen molar-refractivity contribution in [1.29, 1.82) is 0 Å². The van der Waals surface area contributed by atoms with Crippen molar-refractivity contribution in [2.24, 2.45) is 0 Å². The van der Waals surface area contributed by atoms with Gasteiger partial charge in [0.2, 0.25) is 0 Å². The number of aromatic nitrogens is 2. The zero-order valence-electron chi connectivity index (χ0n) is 41.4. The van der Waals surface area contributed by atoms with Gasteiger partial charge in [-0.3, -0.25) is 14.7 Å². The predicted octanol–water partition coefficient (Wildman–Crippen LogP) is 13.0. The summed E-state index contributed by atoms with van der Waals surface area (Å²) < 4.78 is 30.0. The number of amides is 1. The van der Waals surface area contributed by atoms with E-state index >= 15 is 0 Å². The van der Waals surface area contributed by atoms with E-state index in [1.54, 1.807) is 37.3 Å². The van der Waals surface area contributed by atoms with Crippen LogP contribution in [0, 0.1) is 0 Å². The van der Waals surface area contributed by atoms with Gasteiger partial charge in [-0.05, 0) is 85.4 Å². The molecule has 0 saturated heterocycles. The Morgan fingerprint density at radius 1 is 0.712 bits per heavy atom. The fourth-order valence-corrected chi connectivity index (χ4v) is 7.80. The number of carbonyl (C=O) groups excluding carboxylic acids is 3. The number of methoxy groups -OCH3 is 1. The fraction of sp³-hybridized carbons (Fsp3) is 0.574. The Morgan fingerprint density at radius 2 is 1.35 bits per heavy atom. The average Bonchev–Trinajstić information content (AvgIpc) is 3.31. The quantitative estimate of drug-likeness (QED) is 0.0317. The summed E-state index contributed by atoms with van der Waals surface area (Å²) in [5.41, 5.74) is 2.44. The standard InChI is InChI=1S/C54H77N3O9/c1-10-14-15-16-17-18-19-20-21-22-23-26-35-65-50(59)39-30-32-46(62-9)44(37-39)56-52(61)66-47(51(60)63-13-4)48-55-43-29-25-24-28-41(43)49(58)57(48)34-27-36-64-45-33-31-40(53(5,6)11-2)38-42(45)54(7,8)12-3/h24-25,28-33,37-38,47H,10-23,26-27,34-36H2,1-9H3,(H,56,61). The topological polar surface area (TPSA) is 144 Å². The predicted molar refractivity (Wildman–Crippen MR) is 263 cm³/mol. The third kappa shape index (κ3) is 15.3. The van der Waals surface area contributed by atoms with Crippen LogP contribution < -0.4 is 20.3 Å². The van der Waals surface area contributed by atoms with Crippen LogP contribution in [0.5, 0.6) is 11.5 Å². The number of hydrogen-bond acceptors (Lipinski definition) is 10. The van der Waals surface area contributed by atoms with Crippen molar-refractivity contribution in [3.8, 4) is 11.5 Å². The van der Waals surface area contributed by atoms with E-state index in [-0.39, 0.29) is 60.0 Å². The van der Waals surface area contributed by atoms with Crippen LogP contribution in [-0.4, -0.2) is 54.5 Å². The average molecular weight is 912 g/mol. The fourth-order valence-electron chi connectivity index (χ4n) is 7.80. The van der Waals surface area contributed by atoms with Crippen molar-refractivity contribution in [1.82, 2.24) is 9.55 Å². The number of para-hydroxylation sites is 1. The highest BCUT2D eigenvalue weighted by atomic mass is 16.6. The molecule has 0 bridgehead atoms. The van der Waals surface area contributed by atoms with E-state index in [0.29, 0.717) is 17.3 Å². The summed E-state index contributed by atoms with van der Waals surface area (Å²) in [6.45, 7) is 17.7. The summed E-state index contributed by atoms with van der Waals surface area (Å²) in [6, 6.07) is 17.7. The van der Waals surface area contributed by atoms with E-state index in [2.05, 4.69) is 65.9 Å². The molecule has 0 fully saturated rings. The normalized spacial score (nSPS) is 12.1. The Hall–Kier alpha value is -5.39. The van der Waals surface area contributed by atoms with Crippen molar-refractivity contribution >= 4 is 34.6 Å². The molecular weight excluding hydrogens is 835 g/mol. The van der Waals surface area contributed by atoms with Gasteiger partial charge in [-0.25, -0.2) is 19.4 Å². The number of fused-ring (bicyclic) bond motifs is 1. The van der Waals surface area contributed by atoms with Crippen molar-refractivity contribution in [2.75, 3.05) is 32.2 Å². The van der Waals surface area contributed by atoms with E-state index in [1.807, 2.05) is 6.07 Å². The molecule has 0 spiro atoms. The second-order valence-corrected chi connectivity index (χ2v) is 18.4. The van der Waals surface area contributed by atoms with Gasteiger partial charge in [-0.2, -0.15) is 0 Å². The van der Waals surface area contributed by atoms with Crippen LogP contribution in [0.4, 0.5) is 10.5 Å². The largest absolute Gasteiger partial charge is 0.495 e. The van der Waals surface area contributed by atoms with Gasteiger partial charge in [-0.1, -0.05) is 143 Å². The van der Waals surface area contributed by atoms with Crippen molar-refractivity contribution in [3.05, 3.63) is 93.5 Å². The third-order valence-corrected chi connectivity index (χ3v) is 12.8. The Bertz CT molecular complexity index is 2230. The molecule has 12 nitrogen and oxygen atoms in total. The van der Waals surface area contributed by atoms with E-state index in [0.717, 1.165) is 43.4 Å². The summed E-state index contributed by atoms with van der Waals surface area (Å²) >= 11 is 0. The summed E-state index contributed by atoms with van der Waals surface area (Å²) in [5.74, 6) is -0.542. The second-order valence-electron chi connectivity index (χ2n) is 18.4. The number of nitrogens with zero attached hydrogens (tertiary/aromatic N) is 2. The van der Waals surface area contributed by atoms with Crippen LogP contribution >= 0.6 is 0 Å². The number of rotatable bonds is 29. The van der Waals surface area contributed by atoms with Crippen molar-refractivity contribution in [3.63, 3.8) is 0 Å². The van der Waals surface area contributed by atoms with Crippen LogP contribution in [0.3, 0.4) is 0 Å². The Balaban J connectivity index is 1.47. The second kappa shape index (κ2) is 26.7. The summed E-state index contributed by atoms with van der Waals surface area (Å²) in [7, 11) is 1.42. The van der Waals surface area contributed by atoms with Crippen molar-refractivity contribution < 1.29 is 38.1 Å². The van der Waals surface area contributed by atoms with Gasteiger partial charge in [-0.15, -0.1) is 0 Å². The number of carbonyl (C=O) groups is 3. The number of esters is 2. The van der Waals surface area contributed by atoms with E-state index in [4.69, 9.17) is 28.7 Å². The molecule has 0 saturated carbocycles. The lowest BCUT2D eigenvalue weighted by atomic mass is 9.76. The molecule has 0 aliphatic carbocycles. The zero-order chi connectivity index (χ0) is 48.1. The van der Waals surface area contributed by atoms with Gasteiger partial charge >= 0.3 is 18.0 Å². The molecule has 1 amide bonds. The molecule has 4 rings (SSSR count). The number of nitrogens with one attached hydrogen (secondary N) is 1. The number of anilines is 1. The Labute approximate surface area is 393 Å². The highest BCUT2D eigenvalue weighted by Gasteiger charge is 2.33. The minimum atomic E-state index is -1.73. The van der Waals surface area contributed by atoms with Crippen LogP contribution in [0.2, 0.25) is 0 Å². The molecule has 66 heavy (non-hydrogen) atoms. The SMILES string of the molecule is CCCCCCCCCCCCCCOC(=O)c1ccc(OC)c(NC(=O)OC(C(=O)OCC)c2nc3ccccc3c(=O)n2CCCOc2ccc(C(C)(C)CC)cc2C(C)(C)CC)c1. The zero-order valence-corrected chi connectivity index (χ0v) is 41.4. The summed E-state index contributed by atoms with van der Waals surface area (Å²) in [5, 5.41) is 2.95. The first-order valence-corrected chi connectivity index (χ1v) is 24.5. The van der Waals surface area contributed by atoms with Crippen LogP contribution in [0.1, 0.15) is 185 Å². The van der Waals surface area contributed by atoms with E-state index in [9.17, 15) is 19.2 Å². The maximum atomic E-state index is 14.2. The van der Waals surface area contributed by atoms with Gasteiger partial charge < -0.3 is 23.7 Å². The maximum absolute atomic E-state index is 14.2. The van der Waals surface area contributed by atoms with E-state index in [1.165, 1.54) is 87.2 Å². The lowest BCUT2D eigenvalue weighted by Gasteiger charge is -2.30. The number of benzene rings is 3. The van der Waals surface area contributed by atoms with Crippen molar-refractivity contribution in [2.45, 2.75) is 175 Å². The molecule has 3 aromatic carbocycles. The Kier molecular flexibility index (Phi) is 21.5. The van der Waals surface area contributed by atoms with Gasteiger partial charge in [0.15, 0.2) is 5.82 Å². The van der Waals surface area contributed by atoms with Gasteiger partial charge in [0.25, 0.3) is 11.7 Å². The lowest BCUT2D eigenvalue weighted by molar-refractivity contribution is -0.153. The Morgan fingerprint density at radius 3 is 1.98 bits per heavy atom. The first-order valence-electron chi connectivity index (χ1n) is 24.5. The molecule has 0 aliphatic heterocycles. The highest BCUT2D eigenvalue weighted by Crippen LogP contribution is 2.38. The smallest absolute Gasteiger partial charge is 0.413 e. The summed E-state index contributed by atoms with van der Waals surface area (Å²) in [4.78, 5) is 59.4. The molecule has 1 heterocycles. The third-order valence-electron chi connectivity index (χ3n) is 12.8. The van der Waals surface area contributed by atoms with E-state index < -0.39 is 29.7 Å². The van der Waals surface area contributed by atoms with Crippen LogP contribution in [0.15, 0.2) is 65.5 Å². The monoisotopic (exact) mass is 912 g/mol. The van der Waals surface area contributed by atoms with Gasteiger partial charge in [0.1, 0.15) is 11.5 Å². The van der Waals surface area contributed by atoms with Crippen LogP contribution in [0.25, 0.3) is 10.9 Å². The first-order chi connectivity index (χ1) is 31.7. The molecule has 1 aromatic heterocycles. The molecule has 1 unspecified atom stereocenters. The molecule has 362 valence electrons. The molecule has 0 radical (unpaired) electrons. The summed E-state index contributed by atoms with van der Waals surface area (Å²) in [6.07, 6.45) is 13.9. The molecular formula is C54H77N3O9. The molecule has 1 atom stereocenters. The molecule has 1 N–H and O–H groups in total. The number of hydrogen-bond donors (Lipinski definition) is 1. The first kappa shape index (κ1) is 53.2. The minimum Gasteiger partial charge on any atom is -0.495 e. The van der Waals surface area contributed by atoms with Crippen LogP contribution in [-0.2, 0) is 36.4 Å². The minimum absolute atomic E-state index is 0.00163. The highest BCUT2D eigenvalue weighted by molar-refractivity contribution is 5.94. The van der Waals surface area contributed by atoms with Gasteiger partial charge in [0, 0.05) is 12.1 Å². The maximum Gasteiger partial charge on any atom is 0.413 e. The van der Waals surface area contributed by atoms with Gasteiger partial charge in [0.05, 0.1) is 49.1 Å². The molecule has 4 aromatic rings. The number of unbranched alkanes of at least 4 members (excludes halogenated alkanes) is 11.